The SMILES string of the molecule is COc1ccc(CC(=O)Nc2ccccc2C(F)(F)F)cc1OC. The number of alkyl halides is 3. The number of rotatable bonds is 5. The average Bonchev–Trinajstić information content (AvgIpc) is 2.54. The van der Waals surface area contributed by atoms with E-state index in [0.717, 1.165) is 6.07 Å². The van der Waals surface area contributed by atoms with Gasteiger partial charge in [0.2, 0.25) is 5.91 Å². The van der Waals surface area contributed by atoms with E-state index < -0.39 is 17.6 Å². The first kappa shape index (κ1) is 17.7. The molecule has 0 aliphatic carbocycles. The van der Waals surface area contributed by atoms with Crippen molar-refractivity contribution in [3.05, 3.63) is 53.6 Å². The van der Waals surface area contributed by atoms with E-state index in [1.54, 1.807) is 18.2 Å². The Kier molecular flexibility index (Phi) is 5.33. The van der Waals surface area contributed by atoms with Crippen molar-refractivity contribution in [1.82, 2.24) is 0 Å². The van der Waals surface area contributed by atoms with Gasteiger partial charge in [-0.2, -0.15) is 13.2 Å². The lowest BCUT2D eigenvalue weighted by molar-refractivity contribution is -0.137. The van der Waals surface area contributed by atoms with Gasteiger partial charge in [-0.15, -0.1) is 0 Å². The van der Waals surface area contributed by atoms with E-state index in [9.17, 15) is 18.0 Å². The van der Waals surface area contributed by atoms with Crippen molar-refractivity contribution in [2.75, 3.05) is 19.5 Å². The molecule has 0 fully saturated rings. The summed E-state index contributed by atoms with van der Waals surface area (Å²) in [5.41, 5.74) is -0.559. The Morgan fingerprint density at radius 1 is 1.04 bits per heavy atom. The molecule has 0 bridgehead atoms. The van der Waals surface area contributed by atoms with Crippen LogP contribution in [0.4, 0.5) is 18.9 Å². The standard InChI is InChI=1S/C17H16F3NO3/c1-23-14-8-7-11(9-15(14)24-2)10-16(22)21-13-6-4-3-5-12(13)17(18,19)20/h3-9H,10H2,1-2H3,(H,21,22). The fourth-order valence-corrected chi connectivity index (χ4v) is 2.21. The minimum absolute atomic E-state index is 0.0907. The number of hydrogen-bond acceptors (Lipinski definition) is 3. The second-order valence-electron chi connectivity index (χ2n) is 4.96. The third-order valence-electron chi connectivity index (χ3n) is 3.32. The summed E-state index contributed by atoms with van der Waals surface area (Å²) in [6, 6.07) is 9.73. The molecule has 0 aliphatic rings. The fourth-order valence-electron chi connectivity index (χ4n) is 2.21. The van der Waals surface area contributed by atoms with Crippen LogP contribution in [0.25, 0.3) is 0 Å². The van der Waals surface area contributed by atoms with Gasteiger partial charge in [0.25, 0.3) is 0 Å². The second-order valence-corrected chi connectivity index (χ2v) is 4.96. The van der Waals surface area contributed by atoms with Crippen LogP contribution in [0.5, 0.6) is 11.5 Å². The van der Waals surface area contributed by atoms with Crippen LogP contribution in [0.15, 0.2) is 42.5 Å². The first-order valence-electron chi connectivity index (χ1n) is 7.02. The maximum atomic E-state index is 12.9. The van der Waals surface area contributed by atoms with E-state index in [2.05, 4.69) is 5.32 Å². The van der Waals surface area contributed by atoms with Crippen LogP contribution in [-0.4, -0.2) is 20.1 Å². The third-order valence-corrected chi connectivity index (χ3v) is 3.32. The Bertz CT molecular complexity index is 729. The van der Waals surface area contributed by atoms with Gasteiger partial charge in [-0.25, -0.2) is 0 Å². The van der Waals surface area contributed by atoms with E-state index >= 15 is 0 Å². The lowest BCUT2D eigenvalue weighted by Gasteiger charge is -2.14. The maximum absolute atomic E-state index is 12.9. The molecule has 128 valence electrons. The number of anilines is 1. The quantitative estimate of drug-likeness (QED) is 0.899. The number of ether oxygens (including phenoxy) is 2. The van der Waals surface area contributed by atoms with Crippen LogP contribution in [0.2, 0.25) is 0 Å². The molecule has 7 heteroatoms. The summed E-state index contributed by atoms with van der Waals surface area (Å²) < 4.78 is 49.0. The summed E-state index contributed by atoms with van der Waals surface area (Å²) in [5, 5.41) is 2.30. The molecule has 24 heavy (non-hydrogen) atoms. The normalized spacial score (nSPS) is 11.0. The molecule has 0 unspecified atom stereocenters. The molecule has 0 atom stereocenters. The molecule has 2 aromatic carbocycles. The van der Waals surface area contributed by atoms with Gasteiger partial charge in [0.15, 0.2) is 11.5 Å². The summed E-state index contributed by atoms with van der Waals surface area (Å²) in [5.74, 6) is 0.390. The number of halogens is 3. The predicted octanol–water partition coefficient (Wildman–Crippen LogP) is 3.90. The Hall–Kier alpha value is -2.70. The minimum Gasteiger partial charge on any atom is -0.493 e. The molecule has 0 aromatic heterocycles. The molecule has 0 radical (unpaired) electrons. The zero-order valence-electron chi connectivity index (χ0n) is 13.1. The van der Waals surface area contributed by atoms with Crippen molar-refractivity contribution in [3.63, 3.8) is 0 Å². The number of benzene rings is 2. The summed E-state index contributed by atoms with van der Waals surface area (Å²) in [4.78, 5) is 12.1. The molecule has 1 N–H and O–H groups in total. The van der Waals surface area contributed by atoms with Gasteiger partial charge in [-0.3, -0.25) is 4.79 Å². The highest BCUT2D eigenvalue weighted by molar-refractivity contribution is 5.93. The number of nitrogens with one attached hydrogen (secondary N) is 1. The first-order chi connectivity index (χ1) is 11.3. The Labute approximate surface area is 137 Å². The number of carbonyl (C=O) groups is 1. The van der Waals surface area contributed by atoms with Gasteiger partial charge < -0.3 is 14.8 Å². The van der Waals surface area contributed by atoms with E-state index in [0.29, 0.717) is 17.1 Å². The van der Waals surface area contributed by atoms with Crippen LogP contribution < -0.4 is 14.8 Å². The lowest BCUT2D eigenvalue weighted by atomic mass is 10.1. The Balaban J connectivity index is 2.15. The number of carbonyl (C=O) groups excluding carboxylic acids is 1. The predicted molar refractivity (Wildman–Crippen MR) is 83.3 cm³/mol. The van der Waals surface area contributed by atoms with Crippen molar-refractivity contribution in [2.24, 2.45) is 0 Å². The van der Waals surface area contributed by atoms with Crippen molar-refractivity contribution in [3.8, 4) is 11.5 Å². The van der Waals surface area contributed by atoms with Gasteiger partial charge in [0, 0.05) is 0 Å². The molecule has 2 rings (SSSR count). The fraction of sp³-hybridized carbons (Fsp3) is 0.235. The van der Waals surface area contributed by atoms with Crippen molar-refractivity contribution in [1.29, 1.82) is 0 Å². The van der Waals surface area contributed by atoms with Gasteiger partial charge in [0.1, 0.15) is 0 Å². The number of para-hydroxylation sites is 1. The van der Waals surface area contributed by atoms with E-state index in [-0.39, 0.29) is 12.1 Å². The summed E-state index contributed by atoms with van der Waals surface area (Å²) in [6.07, 6.45) is -4.63. The zero-order chi connectivity index (χ0) is 17.7. The van der Waals surface area contributed by atoms with Crippen LogP contribution in [-0.2, 0) is 17.4 Å². The van der Waals surface area contributed by atoms with Crippen LogP contribution in [0, 0.1) is 0 Å². The highest BCUT2D eigenvalue weighted by Crippen LogP contribution is 2.34. The van der Waals surface area contributed by atoms with Gasteiger partial charge >= 0.3 is 6.18 Å². The number of hydrogen-bond donors (Lipinski definition) is 1. The van der Waals surface area contributed by atoms with Gasteiger partial charge in [-0.05, 0) is 29.8 Å². The Morgan fingerprint density at radius 2 is 1.71 bits per heavy atom. The number of amides is 1. The lowest BCUT2D eigenvalue weighted by Crippen LogP contribution is -2.18. The van der Waals surface area contributed by atoms with E-state index in [4.69, 9.17) is 9.47 Å². The number of methoxy groups -OCH3 is 2. The highest BCUT2D eigenvalue weighted by Gasteiger charge is 2.33. The highest BCUT2D eigenvalue weighted by atomic mass is 19.4. The monoisotopic (exact) mass is 339 g/mol. The van der Waals surface area contributed by atoms with Crippen LogP contribution in [0.1, 0.15) is 11.1 Å². The van der Waals surface area contributed by atoms with E-state index in [1.807, 2.05) is 0 Å². The summed E-state index contributed by atoms with van der Waals surface area (Å²) in [6.45, 7) is 0. The minimum atomic E-state index is -4.53. The topological polar surface area (TPSA) is 47.6 Å². The molecule has 4 nitrogen and oxygen atoms in total. The molecule has 2 aromatic rings. The largest absolute Gasteiger partial charge is 0.493 e. The molecule has 1 amide bonds. The van der Waals surface area contributed by atoms with Crippen molar-refractivity contribution in [2.45, 2.75) is 12.6 Å². The summed E-state index contributed by atoms with van der Waals surface area (Å²) >= 11 is 0. The van der Waals surface area contributed by atoms with E-state index in [1.165, 1.54) is 32.4 Å². The average molecular weight is 339 g/mol. The second kappa shape index (κ2) is 7.25. The first-order valence-corrected chi connectivity index (χ1v) is 7.02. The smallest absolute Gasteiger partial charge is 0.418 e. The molecule has 0 saturated carbocycles. The molecular weight excluding hydrogens is 323 g/mol. The maximum Gasteiger partial charge on any atom is 0.418 e. The van der Waals surface area contributed by atoms with Crippen molar-refractivity contribution >= 4 is 11.6 Å². The third kappa shape index (κ3) is 4.18. The molecular formula is C17H16F3NO3. The molecule has 0 saturated heterocycles. The zero-order valence-corrected chi connectivity index (χ0v) is 13.1. The molecule has 0 aliphatic heterocycles. The van der Waals surface area contributed by atoms with Crippen molar-refractivity contribution < 1.29 is 27.4 Å². The van der Waals surface area contributed by atoms with Crippen LogP contribution in [0.3, 0.4) is 0 Å². The molecule has 0 spiro atoms. The van der Waals surface area contributed by atoms with Gasteiger partial charge in [-0.1, -0.05) is 18.2 Å². The Morgan fingerprint density at radius 3 is 2.33 bits per heavy atom. The molecule has 0 heterocycles. The van der Waals surface area contributed by atoms with Gasteiger partial charge in [0.05, 0.1) is 31.9 Å². The van der Waals surface area contributed by atoms with Crippen LogP contribution >= 0.6 is 0 Å². The summed E-state index contributed by atoms with van der Waals surface area (Å²) in [7, 11) is 2.94.